The molecule has 0 saturated heterocycles. The van der Waals surface area contributed by atoms with Crippen LogP contribution in [0.4, 0.5) is 14.5 Å². The molecule has 1 aromatic carbocycles. The molecule has 0 aliphatic rings. The van der Waals surface area contributed by atoms with Crippen molar-refractivity contribution in [2.24, 2.45) is 0 Å². The Kier molecular flexibility index (Phi) is 5.91. The predicted molar refractivity (Wildman–Crippen MR) is 92.7 cm³/mol. The molecule has 0 aliphatic carbocycles. The standard InChI is InChI=1S/C14H11Cl3F2N2O2S/c1-2-24(22,23)21-11-5-8(9(15)6-10(11)16)7-3-4-20-13(12(7)17)14(18)19/h3-6,14,21H,2H2,1H3. The molecule has 2 aromatic rings. The first kappa shape index (κ1) is 19.2. The quantitative estimate of drug-likeness (QED) is 0.710. The van der Waals surface area contributed by atoms with E-state index >= 15 is 0 Å². The van der Waals surface area contributed by atoms with Crippen LogP contribution in [0.5, 0.6) is 0 Å². The number of halogens is 5. The maximum absolute atomic E-state index is 12.9. The lowest BCUT2D eigenvalue weighted by Crippen LogP contribution is -2.15. The summed E-state index contributed by atoms with van der Waals surface area (Å²) in [5.74, 6) is -0.160. The van der Waals surface area contributed by atoms with Crippen LogP contribution >= 0.6 is 34.8 Å². The molecule has 1 N–H and O–H groups in total. The Morgan fingerprint density at radius 1 is 1.17 bits per heavy atom. The zero-order valence-electron chi connectivity index (χ0n) is 12.2. The Balaban J connectivity index is 2.62. The Morgan fingerprint density at radius 3 is 2.42 bits per heavy atom. The Bertz CT molecular complexity index is 877. The topological polar surface area (TPSA) is 59.1 Å². The van der Waals surface area contributed by atoms with Gasteiger partial charge in [-0.2, -0.15) is 0 Å². The highest BCUT2D eigenvalue weighted by atomic mass is 35.5. The van der Waals surface area contributed by atoms with Crippen molar-refractivity contribution in [3.05, 3.63) is 45.2 Å². The van der Waals surface area contributed by atoms with Crippen LogP contribution in [-0.2, 0) is 10.0 Å². The summed E-state index contributed by atoms with van der Waals surface area (Å²) < 4.78 is 51.6. The van der Waals surface area contributed by atoms with Gasteiger partial charge in [-0.05, 0) is 25.1 Å². The van der Waals surface area contributed by atoms with E-state index in [1.807, 2.05) is 0 Å². The smallest absolute Gasteiger partial charge is 0.281 e. The number of nitrogens with zero attached hydrogens (tertiary/aromatic N) is 1. The number of aromatic nitrogens is 1. The molecule has 0 fully saturated rings. The SMILES string of the molecule is CCS(=O)(=O)Nc1cc(-c2ccnc(C(F)F)c2Cl)c(Cl)cc1Cl. The lowest BCUT2D eigenvalue weighted by atomic mass is 10.0. The van der Waals surface area contributed by atoms with Crippen molar-refractivity contribution in [1.82, 2.24) is 4.98 Å². The number of benzene rings is 1. The first-order valence-corrected chi connectivity index (χ1v) is 9.37. The van der Waals surface area contributed by atoms with Gasteiger partial charge in [-0.25, -0.2) is 17.2 Å². The van der Waals surface area contributed by atoms with E-state index in [0.717, 1.165) is 0 Å². The number of hydrogen-bond acceptors (Lipinski definition) is 3. The van der Waals surface area contributed by atoms with Crippen LogP contribution in [0.3, 0.4) is 0 Å². The van der Waals surface area contributed by atoms with Gasteiger partial charge in [0.05, 0.1) is 26.5 Å². The molecule has 0 spiro atoms. The van der Waals surface area contributed by atoms with Gasteiger partial charge in [0, 0.05) is 17.3 Å². The molecule has 0 atom stereocenters. The van der Waals surface area contributed by atoms with Crippen molar-refractivity contribution in [2.75, 3.05) is 10.5 Å². The molecule has 0 aliphatic heterocycles. The van der Waals surface area contributed by atoms with Crippen molar-refractivity contribution in [2.45, 2.75) is 13.3 Å². The molecule has 1 aromatic heterocycles. The first-order valence-electron chi connectivity index (χ1n) is 6.58. The largest absolute Gasteiger partial charge is 0.282 e. The fraction of sp³-hybridized carbons (Fsp3) is 0.214. The Labute approximate surface area is 152 Å². The monoisotopic (exact) mass is 414 g/mol. The van der Waals surface area contributed by atoms with E-state index in [9.17, 15) is 17.2 Å². The van der Waals surface area contributed by atoms with Gasteiger partial charge in [-0.3, -0.25) is 9.71 Å². The van der Waals surface area contributed by atoms with E-state index in [1.165, 1.54) is 31.3 Å². The van der Waals surface area contributed by atoms with Crippen molar-refractivity contribution in [3.63, 3.8) is 0 Å². The van der Waals surface area contributed by atoms with E-state index < -0.39 is 22.1 Å². The number of sulfonamides is 1. The van der Waals surface area contributed by atoms with E-state index in [-0.39, 0.29) is 37.6 Å². The van der Waals surface area contributed by atoms with E-state index in [4.69, 9.17) is 34.8 Å². The summed E-state index contributed by atoms with van der Waals surface area (Å²) in [6.45, 7) is 1.46. The van der Waals surface area contributed by atoms with Crippen LogP contribution in [0.25, 0.3) is 11.1 Å². The number of alkyl halides is 2. The first-order chi connectivity index (χ1) is 11.2. The number of anilines is 1. The Morgan fingerprint density at radius 2 is 1.83 bits per heavy atom. The molecule has 4 nitrogen and oxygen atoms in total. The summed E-state index contributed by atoms with van der Waals surface area (Å²) in [5, 5.41) is -0.0613. The minimum atomic E-state index is -3.58. The summed E-state index contributed by atoms with van der Waals surface area (Å²) in [4.78, 5) is 3.54. The summed E-state index contributed by atoms with van der Waals surface area (Å²) in [7, 11) is -3.58. The van der Waals surface area contributed by atoms with Gasteiger partial charge in [0.1, 0.15) is 5.69 Å². The van der Waals surface area contributed by atoms with Gasteiger partial charge in [-0.15, -0.1) is 0 Å². The minimum Gasteiger partial charge on any atom is -0.282 e. The van der Waals surface area contributed by atoms with Gasteiger partial charge < -0.3 is 0 Å². The van der Waals surface area contributed by atoms with Crippen molar-refractivity contribution < 1.29 is 17.2 Å². The average molecular weight is 416 g/mol. The van der Waals surface area contributed by atoms with Gasteiger partial charge in [0.2, 0.25) is 10.0 Å². The molecule has 0 saturated carbocycles. The number of rotatable bonds is 5. The molecule has 0 amide bonds. The third-order valence-corrected chi connectivity index (χ3v) is 5.43. The highest BCUT2D eigenvalue weighted by Gasteiger charge is 2.20. The molecule has 130 valence electrons. The molecule has 1 heterocycles. The lowest BCUT2D eigenvalue weighted by molar-refractivity contribution is 0.146. The normalized spacial score (nSPS) is 11.8. The van der Waals surface area contributed by atoms with E-state index in [1.54, 1.807) is 0 Å². The molecule has 2 rings (SSSR count). The maximum atomic E-state index is 12.9. The summed E-state index contributed by atoms with van der Waals surface area (Å²) in [6.07, 6.45) is -1.69. The number of hydrogen-bond donors (Lipinski definition) is 1. The molecule has 10 heteroatoms. The van der Waals surface area contributed by atoms with E-state index in [0.29, 0.717) is 0 Å². The summed E-state index contributed by atoms with van der Waals surface area (Å²) in [5.41, 5.74) is -0.0648. The highest BCUT2D eigenvalue weighted by Crippen LogP contribution is 2.40. The lowest BCUT2D eigenvalue weighted by Gasteiger charge is -2.14. The number of nitrogens with one attached hydrogen (secondary N) is 1. The molecule has 0 bridgehead atoms. The van der Waals surface area contributed by atoms with Gasteiger partial charge in [0.25, 0.3) is 6.43 Å². The maximum Gasteiger partial charge on any atom is 0.281 e. The van der Waals surface area contributed by atoms with Crippen LogP contribution < -0.4 is 4.72 Å². The van der Waals surface area contributed by atoms with Crippen LogP contribution in [0.2, 0.25) is 15.1 Å². The zero-order chi connectivity index (χ0) is 18.1. The van der Waals surface area contributed by atoms with E-state index in [2.05, 4.69) is 9.71 Å². The fourth-order valence-corrected chi connectivity index (χ4v) is 3.43. The van der Waals surface area contributed by atoms with Crippen molar-refractivity contribution in [1.29, 1.82) is 0 Å². The van der Waals surface area contributed by atoms with Crippen molar-refractivity contribution in [3.8, 4) is 11.1 Å². The Hall–Kier alpha value is -1.15. The molecule has 0 radical (unpaired) electrons. The predicted octanol–water partition coefficient (Wildman–Crippen LogP) is 5.41. The number of pyridine rings is 1. The second-order valence-electron chi connectivity index (χ2n) is 4.68. The fourth-order valence-electron chi connectivity index (χ4n) is 1.89. The molecule has 24 heavy (non-hydrogen) atoms. The third kappa shape index (κ3) is 4.08. The molecule has 0 unspecified atom stereocenters. The molecular weight excluding hydrogens is 405 g/mol. The van der Waals surface area contributed by atoms with Crippen LogP contribution in [-0.4, -0.2) is 19.2 Å². The molecular formula is C14H11Cl3F2N2O2S. The van der Waals surface area contributed by atoms with Crippen molar-refractivity contribution >= 4 is 50.5 Å². The highest BCUT2D eigenvalue weighted by molar-refractivity contribution is 7.92. The summed E-state index contributed by atoms with van der Waals surface area (Å²) >= 11 is 18.1. The average Bonchev–Trinajstić information content (AvgIpc) is 2.50. The second-order valence-corrected chi connectivity index (χ2v) is 7.88. The summed E-state index contributed by atoms with van der Waals surface area (Å²) in [6, 6.07) is 4.06. The van der Waals surface area contributed by atoms with Gasteiger partial charge >= 0.3 is 0 Å². The third-order valence-electron chi connectivity index (χ3n) is 3.12. The second kappa shape index (κ2) is 7.39. The zero-order valence-corrected chi connectivity index (χ0v) is 15.2. The van der Waals surface area contributed by atoms with Gasteiger partial charge in [0.15, 0.2) is 0 Å². The minimum absolute atomic E-state index is 0.0695. The van der Waals surface area contributed by atoms with Crippen LogP contribution in [0.1, 0.15) is 19.0 Å². The van der Waals surface area contributed by atoms with Gasteiger partial charge in [-0.1, -0.05) is 34.8 Å². The van der Waals surface area contributed by atoms with Crippen LogP contribution in [0, 0.1) is 0 Å². The van der Waals surface area contributed by atoms with Crippen LogP contribution in [0.15, 0.2) is 24.4 Å².